The second kappa shape index (κ2) is 4.57. The van der Waals surface area contributed by atoms with Crippen LogP contribution in [-0.2, 0) is 0 Å². The number of furan rings is 1. The molecule has 0 spiro atoms. The molecule has 0 saturated heterocycles. The predicted molar refractivity (Wildman–Crippen MR) is 61.9 cm³/mol. The first-order chi connectivity index (χ1) is 7.59. The summed E-state index contributed by atoms with van der Waals surface area (Å²) in [5, 5.41) is 9.94. The largest absolute Gasteiger partial charge is 0.465 e. The average molecular weight is 306 g/mol. The molecule has 5 heteroatoms. The number of halogens is 3. The van der Waals surface area contributed by atoms with Gasteiger partial charge in [-0.15, -0.1) is 0 Å². The van der Waals surface area contributed by atoms with E-state index in [2.05, 4.69) is 15.9 Å². The van der Waals surface area contributed by atoms with E-state index < -0.39 is 11.9 Å². The van der Waals surface area contributed by atoms with Crippen LogP contribution in [0.2, 0.25) is 5.02 Å². The Kier molecular flexibility index (Phi) is 3.33. The van der Waals surface area contributed by atoms with E-state index in [4.69, 9.17) is 16.0 Å². The second-order valence-electron chi connectivity index (χ2n) is 3.21. The second-order valence-corrected chi connectivity index (χ2v) is 4.47. The molecule has 0 radical (unpaired) electrons. The zero-order valence-corrected chi connectivity index (χ0v) is 10.3. The van der Waals surface area contributed by atoms with Crippen LogP contribution in [0.25, 0.3) is 0 Å². The van der Waals surface area contributed by atoms with E-state index in [-0.39, 0.29) is 5.02 Å². The Balaban J connectivity index is 2.38. The molecule has 0 saturated carbocycles. The van der Waals surface area contributed by atoms with Crippen molar-refractivity contribution in [3.05, 3.63) is 57.2 Å². The fraction of sp³-hybridized carbons (Fsp3) is 0.0909. The molecule has 0 fully saturated rings. The van der Waals surface area contributed by atoms with E-state index in [1.54, 1.807) is 6.07 Å². The highest BCUT2D eigenvalue weighted by Crippen LogP contribution is 2.30. The van der Waals surface area contributed by atoms with Crippen LogP contribution in [0.1, 0.15) is 17.4 Å². The fourth-order valence-electron chi connectivity index (χ4n) is 1.33. The zero-order chi connectivity index (χ0) is 11.7. The third kappa shape index (κ3) is 2.14. The summed E-state index contributed by atoms with van der Waals surface area (Å²) in [6.07, 6.45) is 0.482. The van der Waals surface area contributed by atoms with Crippen molar-refractivity contribution in [1.29, 1.82) is 0 Å². The van der Waals surface area contributed by atoms with Gasteiger partial charge < -0.3 is 9.52 Å². The molecular weight excluding hydrogens is 298 g/mol. The van der Waals surface area contributed by atoms with Gasteiger partial charge in [0.2, 0.25) is 0 Å². The Labute approximate surface area is 105 Å². The minimum atomic E-state index is -0.970. The minimum Gasteiger partial charge on any atom is -0.465 e. The third-order valence-corrected chi connectivity index (χ3v) is 3.10. The maximum absolute atomic E-state index is 12.9. The van der Waals surface area contributed by atoms with Gasteiger partial charge in [-0.1, -0.05) is 17.7 Å². The SMILES string of the molecule is OC(c1ccc(F)c(Cl)c1)c1occc1Br. The molecule has 0 bridgehead atoms. The molecular formula is C11H7BrClFO2. The van der Waals surface area contributed by atoms with Gasteiger partial charge in [-0.3, -0.25) is 0 Å². The minimum absolute atomic E-state index is 0.0285. The average Bonchev–Trinajstić information content (AvgIpc) is 2.67. The summed E-state index contributed by atoms with van der Waals surface area (Å²) in [6, 6.07) is 5.71. The van der Waals surface area contributed by atoms with Crippen molar-refractivity contribution in [1.82, 2.24) is 0 Å². The van der Waals surface area contributed by atoms with Gasteiger partial charge in [0.05, 0.1) is 15.8 Å². The molecule has 0 aliphatic carbocycles. The van der Waals surface area contributed by atoms with Crippen molar-refractivity contribution >= 4 is 27.5 Å². The van der Waals surface area contributed by atoms with Crippen LogP contribution >= 0.6 is 27.5 Å². The maximum atomic E-state index is 12.9. The van der Waals surface area contributed by atoms with Gasteiger partial charge in [0.1, 0.15) is 11.9 Å². The molecule has 2 aromatic rings. The van der Waals surface area contributed by atoms with E-state index >= 15 is 0 Å². The van der Waals surface area contributed by atoms with E-state index in [0.717, 1.165) is 0 Å². The van der Waals surface area contributed by atoms with Crippen LogP contribution in [0, 0.1) is 5.82 Å². The first kappa shape index (κ1) is 11.6. The smallest absolute Gasteiger partial charge is 0.150 e. The van der Waals surface area contributed by atoms with E-state index in [1.807, 2.05) is 0 Å². The number of rotatable bonds is 2. The number of hydrogen-bond donors (Lipinski definition) is 1. The number of aliphatic hydroxyl groups is 1. The molecule has 2 rings (SSSR count). The molecule has 0 aliphatic heterocycles. The molecule has 16 heavy (non-hydrogen) atoms. The lowest BCUT2D eigenvalue weighted by Gasteiger charge is -2.09. The van der Waals surface area contributed by atoms with Gasteiger partial charge in [-0.05, 0) is 39.7 Å². The highest BCUT2D eigenvalue weighted by atomic mass is 79.9. The van der Waals surface area contributed by atoms with Crippen molar-refractivity contribution in [3.8, 4) is 0 Å². The molecule has 1 aromatic heterocycles. The summed E-state index contributed by atoms with van der Waals surface area (Å²) in [6.45, 7) is 0. The lowest BCUT2D eigenvalue weighted by atomic mass is 10.1. The first-order valence-corrected chi connectivity index (χ1v) is 5.62. The van der Waals surface area contributed by atoms with Crippen molar-refractivity contribution < 1.29 is 13.9 Å². The topological polar surface area (TPSA) is 33.4 Å². The highest BCUT2D eigenvalue weighted by Gasteiger charge is 2.18. The molecule has 1 aromatic carbocycles. The van der Waals surface area contributed by atoms with Crippen LogP contribution in [-0.4, -0.2) is 5.11 Å². The van der Waals surface area contributed by atoms with Crippen LogP contribution < -0.4 is 0 Å². The summed E-state index contributed by atoms with van der Waals surface area (Å²) < 4.78 is 18.7. The number of aliphatic hydroxyl groups excluding tert-OH is 1. The van der Waals surface area contributed by atoms with Crippen LogP contribution in [0.4, 0.5) is 4.39 Å². The van der Waals surface area contributed by atoms with Gasteiger partial charge in [-0.25, -0.2) is 4.39 Å². The van der Waals surface area contributed by atoms with Crippen LogP contribution in [0.5, 0.6) is 0 Å². The fourth-order valence-corrected chi connectivity index (χ4v) is 1.94. The number of benzene rings is 1. The van der Waals surface area contributed by atoms with Crippen molar-refractivity contribution in [2.45, 2.75) is 6.10 Å². The Morgan fingerprint density at radius 3 is 2.69 bits per heavy atom. The Morgan fingerprint density at radius 2 is 2.12 bits per heavy atom. The van der Waals surface area contributed by atoms with Crippen LogP contribution in [0.3, 0.4) is 0 Å². The Hall–Kier alpha value is -0.840. The van der Waals surface area contributed by atoms with Crippen molar-refractivity contribution in [2.75, 3.05) is 0 Å². The highest BCUT2D eigenvalue weighted by molar-refractivity contribution is 9.10. The normalized spacial score (nSPS) is 12.8. The maximum Gasteiger partial charge on any atom is 0.150 e. The van der Waals surface area contributed by atoms with Gasteiger partial charge in [0.15, 0.2) is 5.76 Å². The zero-order valence-electron chi connectivity index (χ0n) is 7.95. The quantitative estimate of drug-likeness (QED) is 0.912. The van der Waals surface area contributed by atoms with Gasteiger partial charge >= 0.3 is 0 Å². The summed E-state index contributed by atoms with van der Waals surface area (Å²) >= 11 is 8.87. The molecule has 1 unspecified atom stereocenters. The van der Waals surface area contributed by atoms with Crippen molar-refractivity contribution in [3.63, 3.8) is 0 Å². The lowest BCUT2D eigenvalue weighted by molar-refractivity contribution is 0.188. The van der Waals surface area contributed by atoms with Crippen LogP contribution in [0.15, 0.2) is 39.4 Å². The Morgan fingerprint density at radius 1 is 1.38 bits per heavy atom. The summed E-state index contributed by atoms with van der Waals surface area (Å²) in [4.78, 5) is 0. The summed E-state index contributed by atoms with van der Waals surface area (Å²) in [5.74, 6) is -0.154. The number of hydrogen-bond acceptors (Lipinski definition) is 2. The monoisotopic (exact) mass is 304 g/mol. The van der Waals surface area contributed by atoms with Crippen molar-refractivity contribution in [2.24, 2.45) is 0 Å². The van der Waals surface area contributed by atoms with Gasteiger partial charge in [-0.2, -0.15) is 0 Å². The summed E-state index contributed by atoms with van der Waals surface area (Å²) in [5.41, 5.74) is 0.474. The molecule has 1 heterocycles. The standard InChI is InChI=1S/C11H7BrClFO2/c12-7-3-4-16-11(7)10(15)6-1-2-9(14)8(13)5-6/h1-5,10,15H. The summed E-state index contributed by atoms with van der Waals surface area (Å²) in [7, 11) is 0. The molecule has 0 aliphatic rings. The molecule has 2 nitrogen and oxygen atoms in total. The van der Waals surface area contributed by atoms with E-state index in [0.29, 0.717) is 15.8 Å². The van der Waals surface area contributed by atoms with E-state index in [9.17, 15) is 9.50 Å². The third-order valence-electron chi connectivity index (χ3n) is 2.15. The molecule has 84 valence electrons. The van der Waals surface area contributed by atoms with E-state index in [1.165, 1.54) is 24.5 Å². The lowest BCUT2D eigenvalue weighted by Crippen LogP contribution is -1.99. The first-order valence-electron chi connectivity index (χ1n) is 4.45. The predicted octanol–water partition coefficient (Wildman–Crippen LogP) is 3.92. The molecule has 1 N–H and O–H groups in total. The van der Waals surface area contributed by atoms with Gasteiger partial charge in [0, 0.05) is 0 Å². The van der Waals surface area contributed by atoms with Gasteiger partial charge in [0.25, 0.3) is 0 Å². The Bertz CT molecular complexity index is 512. The molecule has 0 amide bonds. The molecule has 1 atom stereocenters.